The molecule has 0 spiro atoms. The molecule has 10 rings (SSSR count). The molecule has 0 saturated carbocycles. The molecule has 4 aromatic heterocycles. The normalized spacial score (nSPS) is 12.0. The molecule has 4 heterocycles. The highest BCUT2D eigenvalue weighted by Gasteiger charge is 2.16. The Morgan fingerprint density at radius 2 is 0.833 bits per heavy atom. The zero-order valence-electron chi connectivity index (χ0n) is 26.3. The number of aromatic nitrogens is 4. The largest absolute Gasteiger partial charge is 0.327 e. The van der Waals surface area contributed by atoms with E-state index in [2.05, 4.69) is 145 Å². The Hall–Kier alpha value is -5.56. The zero-order valence-corrected chi connectivity index (χ0v) is 27.9. The molecular formula is C42H28N4S2. The molecule has 0 atom stereocenters. The lowest BCUT2D eigenvalue weighted by Gasteiger charge is -2.07. The fourth-order valence-electron chi connectivity index (χ4n) is 7.10. The highest BCUT2D eigenvalue weighted by molar-refractivity contribution is 7.36. The summed E-state index contributed by atoms with van der Waals surface area (Å²) in [6.07, 6.45) is 0. The van der Waals surface area contributed by atoms with E-state index in [1.807, 2.05) is 34.8 Å². The third-order valence-corrected chi connectivity index (χ3v) is 12.1. The van der Waals surface area contributed by atoms with Crippen LogP contribution < -0.4 is 0 Å². The van der Waals surface area contributed by atoms with Crippen LogP contribution in [0.2, 0.25) is 0 Å². The van der Waals surface area contributed by atoms with Crippen molar-refractivity contribution in [3.8, 4) is 45.0 Å². The quantitative estimate of drug-likeness (QED) is 0.190. The van der Waals surface area contributed by atoms with Gasteiger partial charge in [-0.15, -0.1) is 22.7 Å². The van der Waals surface area contributed by atoms with Gasteiger partial charge in [-0.3, -0.25) is 0 Å². The molecule has 48 heavy (non-hydrogen) atoms. The molecule has 0 aliphatic carbocycles. The van der Waals surface area contributed by atoms with E-state index in [1.54, 1.807) is 0 Å². The predicted molar refractivity (Wildman–Crippen MR) is 205 cm³/mol. The van der Waals surface area contributed by atoms with Crippen LogP contribution in [-0.2, 0) is 14.1 Å². The summed E-state index contributed by atoms with van der Waals surface area (Å²) in [6.45, 7) is 0. The van der Waals surface area contributed by atoms with E-state index in [1.165, 1.54) is 51.8 Å². The molecule has 0 amide bonds. The third-order valence-electron chi connectivity index (χ3n) is 9.57. The highest BCUT2D eigenvalue weighted by atomic mass is 32.1. The fraction of sp³-hybridized carbons (Fsp3) is 0.0476. The minimum absolute atomic E-state index is 0.985. The van der Waals surface area contributed by atoms with Crippen LogP contribution in [0.15, 0.2) is 133 Å². The Kier molecular flexibility index (Phi) is 6.01. The zero-order chi connectivity index (χ0) is 31.9. The lowest BCUT2D eigenvalue weighted by molar-refractivity contribution is 0.959. The summed E-state index contributed by atoms with van der Waals surface area (Å²) in [5.41, 5.74) is 11.4. The number of thiophene rings is 2. The second-order valence-corrected chi connectivity index (χ2v) is 14.5. The molecule has 0 N–H and O–H groups in total. The average molecular weight is 653 g/mol. The lowest BCUT2D eigenvalue weighted by atomic mass is 10.0. The molecule has 0 unspecified atom stereocenters. The van der Waals surface area contributed by atoms with Crippen LogP contribution in [0.5, 0.6) is 0 Å². The summed E-state index contributed by atoms with van der Waals surface area (Å²) < 4.78 is 9.75. The minimum atomic E-state index is 0.985. The third kappa shape index (κ3) is 4.20. The Bertz CT molecular complexity index is 2680. The summed E-state index contributed by atoms with van der Waals surface area (Å²) in [5, 5.41) is 2.66. The van der Waals surface area contributed by atoms with Gasteiger partial charge in [-0.05, 0) is 70.8 Å². The summed E-state index contributed by atoms with van der Waals surface area (Å²) in [5.74, 6) is 1.97. The summed E-state index contributed by atoms with van der Waals surface area (Å²) >= 11 is 3.80. The van der Waals surface area contributed by atoms with Crippen molar-refractivity contribution >= 4 is 74.3 Å². The standard InChI is InChI=1S/C42H28N4S2/c1-45-35-15-5-3-13-33(35)43-41(45)29-11-7-9-25(21-29)27-17-19-31-37(23-27)47-40-32-20-18-28(24-38(32)48-39(31)40)26-10-8-12-30(22-26)42-44-34-14-4-6-16-36(34)46(42)2/h3-24H,1-2H3. The van der Waals surface area contributed by atoms with E-state index < -0.39 is 0 Å². The van der Waals surface area contributed by atoms with Gasteiger partial charge in [0.05, 0.1) is 31.5 Å². The van der Waals surface area contributed by atoms with Gasteiger partial charge in [0, 0.05) is 45.4 Å². The van der Waals surface area contributed by atoms with E-state index in [4.69, 9.17) is 9.97 Å². The average Bonchev–Trinajstić information content (AvgIpc) is 3.87. The van der Waals surface area contributed by atoms with Crippen molar-refractivity contribution in [2.45, 2.75) is 0 Å². The summed E-state index contributed by atoms with van der Waals surface area (Å²) in [7, 11) is 4.19. The van der Waals surface area contributed by atoms with Gasteiger partial charge in [0.1, 0.15) is 11.6 Å². The van der Waals surface area contributed by atoms with Crippen molar-refractivity contribution in [1.82, 2.24) is 19.1 Å². The van der Waals surface area contributed by atoms with Crippen molar-refractivity contribution in [3.05, 3.63) is 133 Å². The number of hydrogen-bond acceptors (Lipinski definition) is 4. The van der Waals surface area contributed by atoms with Gasteiger partial charge in [0.15, 0.2) is 0 Å². The Morgan fingerprint density at radius 3 is 1.29 bits per heavy atom. The van der Waals surface area contributed by atoms with Gasteiger partial charge in [0.2, 0.25) is 0 Å². The van der Waals surface area contributed by atoms with Crippen molar-refractivity contribution in [3.63, 3.8) is 0 Å². The fourth-order valence-corrected chi connectivity index (χ4v) is 9.83. The Morgan fingerprint density at radius 1 is 0.417 bits per heavy atom. The second-order valence-electron chi connectivity index (χ2n) is 12.4. The van der Waals surface area contributed by atoms with E-state index in [-0.39, 0.29) is 0 Å². The monoisotopic (exact) mass is 652 g/mol. The van der Waals surface area contributed by atoms with E-state index in [9.17, 15) is 0 Å². The maximum atomic E-state index is 4.94. The Labute approximate surface area is 284 Å². The van der Waals surface area contributed by atoms with Gasteiger partial charge >= 0.3 is 0 Å². The first-order valence-corrected chi connectivity index (χ1v) is 17.7. The SMILES string of the molecule is Cn1c(-c2cccc(-c3ccc4c(c3)sc3c5ccc(-c6cccc(-c7nc8ccccc8n7C)c6)cc5sc43)c2)nc2ccccc21. The number of aryl methyl sites for hydroxylation is 2. The number of para-hydroxylation sites is 4. The maximum Gasteiger partial charge on any atom is 0.140 e. The number of rotatable bonds is 4. The molecule has 228 valence electrons. The van der Waals surface area contributed by atoms with Gasteiger partial charge in [0.25, 0.3) is 0 Å². The first kappa shape index (κ1) is 27.5. The van der Waals surface area contributed by atoms with Gasteiger partial charge in [-0.2, -0.15) is 0 Å². The molecule has 0 aliphatic rings. The van der Waals surface area contributed by atoms with Crippen LogP contribution in [0.3, 0.4) is 0 Å². The van der Waals surface area contributed by atoms with Gasteiger partial charge in [-0.25, -0.2) is 9.97 Å². The first-order valence-electron chi connectivity index (χ1n) is 16.0. The topological polar surface area (TPSA) is 35.6 Å². The number of nitrogens with zero attached hydrogens (tertiary/aromatic N) is 4. The number of imidazole rings is 2. The lowest BCUT2D eigenvalue weighted by Crippen LogP contribution is -1.92. The summed E-state index contributed by atoms with van der Waals surface area (Å²) in [6, 6.07) is 48.0. The van der Waals surface area contributed by atoms with Crippen LogP contribution in [-0.4, -0.2) is 19.1 Å². The van der Waals surface area contributed by atoms with Crippen LogP contribution in [0.25, 0.3) is 96.7 Å². The van der Waals surface area contributed by atoms with Gasteiger partial charge < -0.3 is 9.13 Å². The molecule has 0 radical (unpaired) electrons. The van der Waals surface area contributed by atoms with Crippen LogP contribution in [0, 0.1) is 0 Å². The molecule has 0 bridgehead atoms. The van der Waals surface area contributed by atoms with Crippen LogP contribution >= 0.6 is 22.7 Å². The molecule has 6 heteroatoms. The van der Waals surface area contributed by atoms with Gasteiger partial charge in [-0.1, -0.05) is 84.9 Å². The molecule has 6 aromatic carbocycles. The molecule has 10 aromatic rings. The number of benzene rings is 6. The van der Waals surface area contributed by atoms with Crippen molar-refractivity contribution in [1.29, 1.82) is 0 Å². The molecule has 4 nitrogen and oxygen atoms in total. The molecule has 0 saturated heterocycles. The number of fused-ring (bicyclic) bond motifs is 7. The van der Waals surface area contributed by atoms with E-state index in [0.29, 0.717) is 0 Å². The Balaban J connectivity index is 1.01. The summed E-state index contributed by atoms with van der Waals surface area (Å²) in [4.78, 5) is 9.87. The molecular weight excluding hydrogens is 625 g/mol. The molecule has 0 fully saturated rings. The van der Waals surface area contributed by atoms with E-state index >= 15 is 0 Å². The van der Waals surface area contributed by atoms with E-state index in [0.717, 1.165) is 44.8 Å². The second kappa shape index (κ2) is 10.5. The highest BCUT2D eigenvalue weighted by Crippen LogP contribution is 2.46. The molecule has 0 aliphatic heterocycles. The van der Waals surface area contributed by atoms with Crippen molar-refractivity contribution in [2.75, 3.05) is 0 Å². The number of hydrogen-bond donors (Lipinski definition) is 0. The van der Waals surface area contributed by atoms with Crippen molar-refractivity contribution < 1.29 is 0 Å². The smallest absolute Gasteiger partial charge is 0.140 e. The van der Waals surface area contributed by atoms with Crippen LogP contribution in [0.1, 0.15) is 0 Å². The van der Waals surface area contributed by atoms with Crippen LogP contribution in [0.4, 0.5) is 0 Å². The maximum absolute atomic E-state index is 4.94. The van der Waals surface area contributed by atoms with Crippen molar-refractivity contribution in [2.24, 2.45) is 14.1 Å². The first-order chi connectivity index (χ1) is 23.6. The minimum Gasteiger partial charge on any atom is -0.327 e. The predicted octanol–water partition coefficient (Wildman–Crippen LogP) is 11.7.